The highest BCUT2D eigenvalue weighted by Crippen LogP contribution is 2.24. The lowest BCUT2D eigenvalue weighted by molar-refractivity contribution is 0.833. The number of rotatable bonds is 3. The molecule has 0 spiro atoms. The minimum Gasteiger partial charge on any atom is -0.397 e. The number of aromatic nitrogens is 2. The summed E-state index contributed by atoms with van der Waals surface area (Å²) in [5.41, 5.74) is 11.1. The number of aryl methyl sites for hydroxylation is 3. The van der Waals surface area contributed by atoms with Crippen molar-refractivity contribution in [2.24, 2.45) is 4.99 Å². The van der Waals surface area contributed by atoms with Gasteiger partial charge in [0, 0.05) is 11.9 Å². The second-order valence-electron chi connectivity index (χ2n) is 6.02. The van der Waals surface area contributed by atoms with E-state index in [9.17, 15) is 4.79 Å². The van der Waals surface area contributed by atoms with Gasteiger partial charge in [-0.05, 0) is 62.2 Å². The number of H-pyrrole nitrogens is 1. The Morgan fingerprint density at radius 1 is 1.12 bits per heavy atom. The summed E-state index contributed by atoms with van der Waals surface area (Å²) >= 11 is 5.91. The van der Waals surface area contributed by atoms with Gasteiger partial charge < -0.3 is 5.73 Å². The molecule has 0 aliphatic rings. The Morgan fingerprint density at radius 3 is 2.56 bits per heavy atom. The van der Waals surface area contributed by atoms with Gasteiger partial charge in [0.25, 0.3) is 5.56 Å². The van der Waals surface area contributed by atoms with Crippen LogP contribution in [0.5, 0.6) is 0 Å². The molecule has 0 bridgehead atoms. The molecule has 3 rings (SSSR count). The number of anilines is 1. The molecule has 6 heteroatoms. The molecule has 2 aromatic carbocycles. The zero-order valence-corrected chi connectivity index (χ0v) is 15.1. The summed E-state index contributed by atoms with van der Waals surface area (Å²) in [4.78, 5) is 17.1. The van der Waals surface area contributed by atoms with Gasteiger partial charge in [-0.15, -0.1) is 0 Å². The standard InChI is InChI=1S/C19H19ClN4O/c1-11-4-6-15(8-12(11)2)24-19(25)16(13(3)23-24)10-22-14-5-7-17(20)18(21)9-14/h4-10,23H,21H2,1-3H3. The molecule has 0 saturated heterocycles. The van der Waals surface area contributed by atoms with Crippen molar-refractivity contribution in [2.75, 3.05) is 5.73 Å². The minimum absolute atomic E-state index is 0.147. The minimum atomic E-state index is -0.147. The molecule has 0 radical (unpaired) electrons. The van der Waals surface area contributed by atoms with Gasteiger partial charge in [-0.3, -0.25) is 14.9 Å². The van der Waals surface area contributed by atoms with E-state index < -0.39 is 0 Å². The largest absolute Gasteiger partial charge is 0.397 e. The van der Waals surface area contributed by atoms with Crippen LogP contribution in [0.15, 0.2) is 46.2 Å². The van der Waals surface area contributed by atoms with E-state index in [1.807, 2.05) is 39.0 Å². The van der Waals surface area contributed by atoms with Crippen LogP contribution >= 0.6 is 11.6 Å². The molecule has 5 nitrogen and oxygen atoms in total. The van der Waals surface area contributed by atoms with E-state index in [0.29, 0.717) is 22.0 Å². The van der Waals surface area contributed by atoms with E-state index in [0.717, 1.165) is 16.9 Å². The highest BCUT2D eigenvalue weighted by molar-refractivity contribution is 6.33. The maximum Gasteiger partial charge on any atom is 0.280 e. The third-order valence-corrected chi connectivity index (χ3v) is 4.53. The van der Waals surface area contributed by atoms with Crippen molar-refractivity contribution >= 4 is 29.2 Å². The van der Waals surface area contributed by atoms with Crippen LogP contribution in [0.25, 0.3) is 5.69 Å². The first-order valence-electron chi connectivity index (χ1n) is 7.85. The first-order chi connectivity index (χ1) is 11.9. The topological polar surface area (TPSA) is 76.2 Å². The fraction of sp³-hybridized carbons (Fsp3) is 0.158. The summed E-state index contributed by atoms with van der Waals surface area (Å²) in [6.07, 6.45) is 1.55. The molecule has 0 saturated carbocycles. The molecule has 128 valence electrons. The number of hydrogen-bond acceptors (Lipinski definition) is 3. The highest BCUT2D eigenvalue weighted by atomic mass is 35.5. The van der Waals surface area contributed by atoms with Gasteiger partial charge in [-0.1, -0.05) is 17.7 Å². The smallest absolute Gasteiger partial charge is 0.280 e. The molecule has 0 aliphatic carbocycles. The number of halogens is 1. The summed E-state index contributed by atoms with van der Waals surface area (Å²) in [6.45, 7) is 5.90. The van der Waals surface area contributed by atoms with Gasteiger partial charge >= 0.3 is 0 Å². The maximum atomic E-state index is 12.7. The van der Waals surface area contributed by atoms with Crippen molar-refractivity contribution in [2.45, 2.75) is 20.8 Å². The molecule has 25 heavy (non-hydrogen) atoms. The molecule has 1 aromatic heterocycles. The summed E-state index contributed by atoms with van der Waals surface area (Å²) in [5.74, 6) is 0. The second kappa shape index (κ2) is 6.61. The molecule has 0 unspecified atom stereocenters. The van der Waals surface area contributed by atoms with Crippen LogP contribution in [-0.2, 0) is 0 Å². The van der Waals surface area contributed by atoms with Crippen molar-refractivity contribution in [3.63, 3.8) is 0 Å². The lowest BCUT2D eigenvalue weighted by atomic mass is 10.1. The lowest BCUT2D eigenvalue weighted by Gasteiger charge is -2.05. The van der Waals surface area contributed by atoms with E-state index in [1.165, 1.54) is 10.2 Å². The fourth-order valence-electron chi connectivity index (χ4n) is 2.51. The van der Waals surface area contributed by atoms with Crippen LogP contribution < -0.4 is 11.3 Å². The molecular weight excluding hydrogens is 336 g/mol. The van der Waals surface area contributed by atoms with Crippen molar-refractivity contribution in [1.82, 2.24) is 9.78 Å². The normalized spacial score (nSPS) is 11.4. The van der Waals surface area contributed by atoms with Gasteiger partial charge in [0.2, 0.25) is 0 Å². The van der Waals surface area contributed by atoms with E-state index in [1.54, 1.807) is 24.4 Å². The van der Waals surface area contributed by atoms with Gasteiger partial charge in [-0.25, -0.2) is 4.68 Å². The van der Waals surface area contributed by atoms with Gasteiger partial charge in [0.1, 0.15) is 0 Å². The molecule has 3 aromatic rings. The third-order valence-electron chi connectivity index (χ3n) is 4.19. The number of aromatic amines is 1. The summed E-state index contributed by atoms with van der Waals surface area (Å²) in [6, 6.07) is 11.0. The van der Waals surface area contributed by atoms with Crippen LogP contribution in [-0.4, -0.2) is 16.0 Å². The van der Waals surface area contributed by atoms with Gasteiger partial charge in [0.05, 0.1) is 27.6 Å². The summed E-state index contributed by atoms with van der Waals surface area (Å²) in [5, 5.41) is 3.58. The molecule has 0 amide bonds. The van der Waals surface area contributed by atoms with E-state index >= 15 is 0 Å². The van der Waals surface area contributed by atoms with E-state index in [2.05, 4.69) is 10.1 Å². The van der Waals surface area contributed by atoms with Gasteiger partial charge in [-0.2, -0.15) is 0 Å². The molecule has 0 fully saturated rings. The quantitative estimate of drug-likeness (QED) is 0.549. The van der Waals surface area contributed by atoms with Crippen LogP contribution in [0.1, 0.15) is 22.4 Å². The molecule has 0 aliphatic heterocycles. The van der Waals surface area contributed by atoms with Crippen molar-refractivity contribution in [3.05, 3.63) is 74.2 Å². The number of hydrogen-bond donors (Lipinski definition) is 2. The molecular formula is C19H19ClN4O. The van der Waals surface area contributed by atoms with Gasteiger partial charge in [0.15, 0.2) is 0 Å². The Balaban J connectivity index is 1.99. The summed E-state index contributed by atoms with van der Waals surface area (Å²) in [7, 11) is 0. The number of nitrogens with zero attached hydrogens (tertiary/aromatic N) is 2. The number of nitrogens with two attached hydrogens (primary N) is 1. The van der Waals surface area contributed by atoms with E-state index in [-0.39, 0.29) is 5.56 Å². The third kappa shape index (κ3) is 3.37. The molecule has 0 atom stereocenters. The SMILES string of the molecule is Cc1ccc(-n2[nH]c(C)c(C=Nc3ccc(Cl)c(N)c3)c2=O)cc1C. The molecule has 3 N–H and O–H groups in total. The van der Waals surface area contributed by atoms with Crippen LogP contribution in [0.2, 0.25) is 5.02 Å². The lowest BCUT2D eigenvalue weighted by Crippen LogP contribution is -2.17. The Bertz CT molecular complexity index is 1030. The maximum absolute atomic E-state index is 12.7. The van der Waals surface area contributed by atoms with Crippen molar-refractivity contribution in [3.8, 4) is 5.69 Å². The zero-order valence-electron chi connectivity index (χ0n) is 14.3. The Kier molecular flexibility index (Phi) is 4.51. The Hall–Kier alpha value is -2.79. The average molecular weight is 355 g/mol. The van der Waals surface area contributed by atoms with Crippen molar-refractivity contribution in [1.29, 1.82) is 0 Å². The Morgan fingerprint density at radius 2 is 1.88 bits per heavy atom. The molecule has 1 heterocycles. The number of aliphatic imine (C=N–C) groups is 1. The second-order valence-corrected chi connectivity index (χ2v) is 6.43. The number of benzene rings is 2. The zero-order chi connectivity index (χ0) is 18.1. The van der Waals surface area contributed by atoms with Crippen LogP contribution in [0.4, 0.5) is 11.4 Å². The van der Waals surface area contributed by atoms with E-state index in [4.69, 9.17) is 17.3 Å². The number of nitrogen functional groups attached to an aromatic ring is 1. The number of nitrogens with one attached hydrogen (secondary N) is 1. The summed E-state index contributed by atoms with van der Waals surface area (Å²) < 4.78 is 1.53. The first kappa shape index (κ1) is 17.0. The van der Waals surface area contributed by atoms with Crippen LogP contribution in [0, 0.1) is 20.8 Å². The van der Waals surface area contributed by atoms with Crippen molar-refractivity contribution < 1.29 is 0 Å². The Labute approximate surface area is 150 Å². The van der Waals surface area contributed by atoms with Crippen LogP contribution in [0.3, 0.4) is 0 Å². The predicted molar refractivity (Wildman–Crippen MR) is 104 cm³/mol. The fourth-order valence-corrected chi connectivity index (χ4v) is 2.63. The highest BCUT2D eigenvalue weighted by Gasteiger charge is 2.11. The first-order valence-corrected chi connectivity index (χ1v) is 8.23. The average Bonchev–Trinajstić information content (AvgIpc) is 2.86. The predicted octanol–water partition coefficient (Wildman–Crippen LogP) is 4.08. The monoisotopic (exact) mass is 354 g/mol.